The molecule has 0 aliphatic rings. The van der Waals surface area contributed by atoms with Gasteiger partial charge >= 0.3 is 0 Å². The summed E-state index contributed by atoms with van der Waals surface area (Å²) in [6.45, 7) is 6.81. The topological polar surface area (TPSA) is 22.1 Å². The van der Waals surface area contributed by atoms with E-state index in [0.717, 1.165) is 12.2 Å². The molecule has 2 unspecified atom stereocenters. The van der Waals surface area contributed by atoms with Gasteiger partial charge in [0.1, 0.15) is 5.75 Å². The SMILES string of the molecule is CCOc1cncc(C(C)CC(C)Cl)c1. The molecule has 0 saturated heterocycles. The second kappa shape index (κ2) is 5.96. The highest BCUT2D eigenvalue weighted by Gasteiger charge is 2.10. The molecule has 2 nitrogen and oxygen atoms in total. The van der Waals surface area contributed by atoms with Gasteiger partial charge < -0.3 is 4.74 Å². The summed E-state index contributed by atoms with van der Waals surface area (Å²) in [5.41, 5.74) is 1.19. The van der Waals surface area contributed by atoms with Crippen molar-refractivity contribution < 1.29 is 4.74 Å². The van der Waals surface area contributed by atoms with Crippen LogP contribution in [0.3, 0.4) is 0 Å². The van der Waals surface area contributed by atoms with Crippen molar-refractivity contribution in [2.75, 3.05) is 6.61 Å². The molecule has 0 aliphatic carbocycles. The van der Waals surface area contributed by atoms with E-state index in [1.807, 2.05) is 26.1 Å². The standard InChI is InChI=1S/C12H18ClNO/c1-4-15-12-6-11(7-14-8-12)9(2)5-10(3)13/h6-10H,4-5H2,1-3H3. The van der Waals surface area contributed by atoms with E-state index in [0.29, 0.717) is 12.5 Å². The van der Waals surface area contributed by atoms with Crippen LogP contribution in [0.4, 0.5) is 0 Å². The Morgan fingerprint density at radius 2 is 2.13 bits per heavy atom. The average molecular weight is 228 g/mol. The van der Waals surface area contributed by atoms with Crippen molar-refractivity contribution in [2.24, 2.45) is 0 Å². The van der Waals surface area contributed by atoms with E-state index in [1.54, 1.807) is 6.20 Å². The summed E-state index contributed by atoms with van der Waals surface area (Å²) in [5, 5.41) is 0.191. The molecule has 1 aromatic heterocycles. The summed E-state index contributed by atoms with van der Waals surface area (Å²) in [6, 6.07) is 2.04. The number of pyridine rings is 1. The molecule has 84 valence electrons. The molecule has 2 atom stereocenters. The fourth-order valence-corrected chi connectivity index (χ4v) is 1.84. The molecule has 0 bridgehead atoms. The van der Waals surface area contributed by atoms with Gasteiger partial charge in [-0.3, -0.25) is 4.98 Å². The molecule has 0 amide bonds. The zero-order chi connectivity index (χ0) is 11.3. The third-order valence-electron chi connectivity index (χ3n) is 2.29. The summed E-state index contributed by atoms with van der Waals surface area (Å²) in [6.07, 6.45) is 4.58. The Kier molecular flexibility index (Phi) is 4.89. The molecule has 1 rings (SSSR count). The fourth-order valence-electron chi connectivity index (χ4n) is 1.57. The van der Waals surface area contributed by atoms with Gasteiger partial charge in [-0.25, -0.2) is 0 Å². The van der Waals surface area contributed by atoms with Gasteiger partial charge in [0, 0.05) is 11.6 Å². The molecule has 1 heterocycles. The summed E-state index contributed by atoms with van der Waals surface area (Å²) < 4.78 is 5.41. The molecule has 0 aliphatic heterocycles. The first kappa shape index (κ1) is 12.3. The minimum atomic E-state index is 0.191. The van der Waals surface area contributed by atoms with Crippen LogP contribution in [-0.2, 0) is 0 Å². The summed E-state index contributed by atoms with van der Waals surface area (Å²) >= 11 is 5.97. The second-order valence-electron chi connectivity index (χ2n) is 3.80. The molecule has 0 spiro atoms. The van der Waals surface area contributed by atoms with Crippen LogP contribution in [0.1, 0.15) is 38.7 Å². The van der Waals surface area contributed by atoms with Crippen LogP contribution in [0.5, 0.6) is 5.75 Å². The van der Waals surface area contributed by atoms with Crippen LogP contribution in [0.15, 0.2) is 18.5 Å². The van der Waals surface area contributed by atoms with E-state index in [2.05, 4.69) is 11.9 Å². The van der Waals surface area contributed by atoms with E-state index in [-0.39, 0.29) is 5.38 Å². The van der Waals surface area contributed by atoms with Gasteiger partial charge in [-0.05, 0) is 37.8 Å². The molecule has 0 saturated carbocycles. The predicted molar refractivity (Wildman–Crippen MR) is 63.8 cm³/mol. The van der Waals surface area contributed by atoms with Gasteiger partial charge in [0.05, 0.1) is 12.8 Å². The molecular formula is C12H18ClNO. The lowest BCUT2D eigenvalue weighted by Gasteiger charge is -2.13. The van der Waals surface area contributed by atoms with Crippen LogP contribution < -0.4 is 4.74 Å². The Hall–Kier alpha value is -0.760. The molecule has 0 fully saturated rings. The second-order valence-corrected chi connectivity index (χ2v) is 4.55. The Balaban J connectivity index is 2.71. The summed E-state index contributed by atoms with van der Waals surface area (Å²) in [7, 11) is 0. The van der Waals surface area contributed by atoms with E-state index in [1.165, 1.54) is 5.56 Å². The minimum Gasteiger partial charge on any atom is -0.492 e. The first-order valence-corrected chi connectivity index (χ1v) is 5.79. The maximum absolute atomic E-state index is 5.97. The first-order valence-electron chi connectivity index (χ1n) is 5.35. The van der Waals surface area contributed by atoms with Crippen LogP contribution in [-0.4, -0.2) is 17.0 Å². The lowest BCUT2D eigenvalue weighted by atomic mass is 9.98. The Morgan fingerprint density at radius 1 is 1.40 bits per heavy atom. The third kappa shape index (κ3) is 4.08. The lowest BCUT2D eigenvalue weighted by Crippen LogP contribution is -2.02. The zero-order valence-electron chi connectivity index (χ0n) is 9.53. The van der Waals surface area contributed by atoms with Crippen molar-refractivity contribution in [3.8, 4) is 5.75 Å². The first-order chi connectivity index (χ1) is 7.13. The average Bonchev–Trinajstić information content (AvgIpc) is 2.17. The van der Waals surface area contributed by atoms with Crippen LogP contribution in [0.2, 0.25) is 0 Å². The van der Waals surface area contributed by atoms with Crippen molar-refractivity contribution in [1.29, 1.82) is 0 Å². The van der Waals surface area contributed by atoms with Gasteiger partial charge in [-0.15, -0.1) is 11.6 Å². The van der Waals surface area contributed by atoms with Crippen molar-refractivity contribution in [1.82, 2.24) is 4.98 Å². The molecule has 15 heavy (non-hydrogen) atoms. The van der Waals surface area contributed by atoms with E-state index < -0.39 is 0 Å². The number of ether oxygens (including phenoxy) is 1. The number of hydrogen-bond donors (Lipinski definition) is 0. The highest BCUT2D eigenvalue weighted by Crippen LogP contribution is 2.24. The van der Waals surface area contributed by atoms with Crippen LogP contribution >= 0.6 is 11.6 Å². The van der Waals surface area contributed by atoms with Crippen molar-refractivity contribution >= 4 is 11.6 Å². The predicted octanol–water partition coefficient (Wildman–Crippen LogP) is 3.60. The number of nitrogens with zero attached hydrogens (tertiary/aromatic N) is 1. The maximum Gasteiger partial charge on any atom is 0.137 e. The summed E-state index contributed by atoms with van der Waals surface area (Å²) in [5.74, 6) is 1.26. The van der Waals surface area contributed by atoms with Crippen molar-refractivity contribution in [3.05, 3.63) is 24.0 Å². The molecule has 0 N–H and O–H groups in total. The van der Waals surface area contributed by atoms with Crippen molar-refractivity contribution in [3.63, 3.8) is 0 Å². The summed E-state index contributed by atoms with van der Waals surface area (Å²) in [4.78, 5) is 4.16. The Bertz CT molecular complexity index is 301. The largest absolute Gasteiger partial charge is 0.492 e. The van der Waals surface area contributed by atoms with Gasteiger partial charge in [-0.1, -0.05) is 6.92 Å². The monoisotopic (exact) mass is 227 g/mol. The van der Waals surface area contributed by atoms with E-state index >= 15 is 0 Å². The minimum absolute atomic E-state index is 0.191. The Morgan fingerprint density at radius 3 is 2.73 bits per heavy atom. The molecule has 3 heteroatoms. The van der Waals surface area contributed by atoms with Gasteiger partial charge in [-0.2, -0.15) is 0 Å². The molecular weight excluding hydrogens is 210 g/mol. The number of alkyl halides is 1. The molecule has 1 aromatic rings. The number of aromatic nitrogens is 1. The van der Waals surface area contributed by atoms with E-state index in [9.17, 15) is 0 Å². The van der Waals surface area contributed by atoms with E-state index in [4.69, 9.17) is 16.3 Å². The van der Waals surface area contributed by atoms with Crippen LogP contribution in [0, 0.1) is 0 Å². The highest BCUT2D eigenvalue weighted by molar-refractivity contribution is 6.20. The zero-order valence-corrected chi connectivity index (χ0v) is 10.3. The highest BCUT2D eigenvalue weighted by atomic mass is 35.5. The number of hydrogen-bond acceptors (Lipinski definition) is 2. The lowest BCUT2D eigenvalue weighted by molar-refractivity contribution is 0.338. The number of rotatable bonds is 5. The van der Waals surface area contributed by atoms with Crippen molar-refractivity contribution in [2.45, 2.75) is 38.5 Å². The molecule has 0 radical (unpaired) electrons. The van der Waals surface area contributed by atoms with Gasteiger partial charge in [0.15, 0.2) is 0 Å². The fraction of sp³-hybridized carbons (Fsp3) is 0.583. The number of halogens is 1. The van der Waals surface area contributed by atoms with Crippen LogP contribution in [0.25, 0.3) is 0 Å². The van der Waals surface area contributed by atoms with Gasteiger partial charge in [0.2, 0.25) is 0 Å². The third-order valence-corrected chi connectivity index (χ3v) is 2.47. The molecule has 0 aromatic carbocycles. The Labute approximate surface area is 96.6 Å². The smallest absolute Gasteiger partial charge is 0.137 e. The maximum atomic E-state index is 5.97. The normalized spacial score (nSPS) is 14.7. The quantitative estimate of drug-likeness (QED) is 0.717. The van der Waals surface area contributed by atoms with Gasteiger partial charge in [0.25, 0.3) is 0 Å².